The van der Waals surface area contributed by atoms with E-state index in [2.05, 4.69) is 4.98 Å². The smallest absolute Gasteiger partial charge is 0.223 e. The Hall–Kier alpha value is -2.17. The van der Waals surface area contributed by atoms with Gasteiger partial charge in [0.25, 0.3) is 0 Å². The molecule has 0 aliphatic heterocycles. The van der Waals surface area contributed by atoms with Gasteiger partial charge in [-0.1, -0.05) is 37.5 Å². The number of carbonyl (C=O) groups excluding carboxylic acids is 1. The van der Waals surface area contributed by atoms with Gasteiger partial charge < -0.3 is 9.47 Å². The van der Waals surface area contributed by atoms with Crippen molar-refractivity contribution in [2.24, 2.45) is 7.05 Å². The summed E-state index contributed by atoms with van der Waals surface area (Å²) in [6.07, 6.45) is 10.2. The van der Waals surface area contributed by atoms with Gasteiger partial charge in [-0.3, -0.25) is 4.79 Å². The molecular formula is C20H26FN3O. The lowest BCUT2D eigenvalue weighted by atomic mass is 9.93. The van der Waals surface area contributed by atoms with E-state index >= 15 is 0 Å². The highest BCUT2D eigenvalue weighted by Gasteiger charge is 2.26. The molecular weight excluding hydrogens is 317 g/mol. The summed E-state index contributed by atoms with van der Waals surface area (Å²) in [5, 5.41) is 0. The van der Waals surface area contributed by atoms with Crippen LogP contribution in [0.25, 0.3) is 0 Å². The van der Waals surface area contributed by atoms with Gasteiger partial charge in [-0.25, -0.2) is 9.37 Å². The normalized spacial score (nSPS) is 15.3. The summed E-state index contributed by atoms with van der Waals surface area (Å²) in [6.45, 7) is 0.363. The third-order valence-electron chi connectivity index (χ3n) is 5.15. The Bertz CT molecular complexity index is 706. The van der Waals surface area contributed by atoms with Crippen molar-refractivity contribution >= 4 is 5.91 Å². The van der Waals surface area contributed by atoms with E-state index in [1.54, 1.807) is 24.7 Å². The fourth-order valence-corrected chi connectivity index (χ4v) is 3.63. The molecule has 1 aromatic heterocycles. The van der Waals surface area contributed by atoms with E-state index in [1.165, 1.54) is 12.5 Å². The van der Waals surface area contributed by atoms with E-state index in [9.17, 15) is 9.18 Å². The van der Waals surface area contributed by atoms with Crippen LogP contribution in [-0.2, 0) is 24.8 Å². The van der Waals surface area contributed by atoms with Crippen LogP contribution >= 0.6 is 0 Å². The van der Waals surface area contributed by atoms with E-state index in [1.807, 2.05) is 22.6 Å². The van der Waals surface area contributed by atoms with Crippen molar-refractivity contribution in [2.75, 3.05) is 0 Å². The van der Waals surface area contributed by atoms with Crippen LogP contribution in [0.4, 0.5) is 4.39 Å². The largest absolute Gasteiger partial charge is 0.338 e. The predicted molar refractivity (Wildman–Crippen MR) is 95.4 cm³/mol. The molecule has 0 radical (unpaired) electrons. The number of benzene rings is 1. The van der Waals surface area contributed by atoms with Gasteiger partial charge in [0, 0.05) is 43.5 Å². The highest BCUT2D eigenvalue weighted by Crippen LogP contribution is 2.25. The molecule has 0 atom stereocenters. The van der Waals surface area contributed by atoms with E-state index in [0.717, 1.165) is 31.4 Å². The molecule has 0 unspecified atom stereocenters. The van der Waals surface area contributed by atoms with Gasteiger partial charge in [-0.2, -0.15) is 0 Å². The highest BCUT2D eigenvalue weighted by molar-refractivity contribution is 5.76. The highest BCUT2D eigenvalue weighted by atomic mass is 19.1. The molecule has 2 aromatic rings. The Morgan fingerprint density at radius 1 is 1.28 bits per heavy atom. The molecule has 5 heteroatoms. The van der Waals surface area contributed by atoms with E-state index in [-0.39, 0.29) is 17.8 Å². The molecule has 4 nitrogen and oxygen atoms in total. The summed E-state index contributed by atoms with van der Waals surface area (Å²) in [5.74, 6) is -0.126. The van der Waals surface area contributed by atoms with Crippen molar-refractivity contribution < 1.29 is 9.18 Å². The van der Waals surface area contributed by atoms with Crippen LogP contribution in [0.2, 0.25) is 0 Å². The molecule has 0 N–H and O–H groups in total. The number of amides is 1. The molecule has 134 valence electrons. The molecule has 1 amide bonds. The number of hydrogen-bond acceptors (Lipinski definition) is 2. The zero-order valence-electron chi connectivity index (χ0n) is 14.8. The Labute approximate surface area is 148 Å². The van der Waals surface area contributed by atoms with Crippen LogP contribution in [0.5, 0.6) is 0 Å². The van der Waals surface area contributed by atoms with Gasteiger partial charge in [0.2, 0.25) is 5.91 Å². The van der Waals surface area contributed by atoms with Gasteiger partial charge in [-0.15, -0.1) is 0 Å². The topological polar surface area (TPSA) is 38.1 Å². The van der Waals surface area contributed by atoms with Crippen molar-refractivity contribution in [3.8, 4) is 0 Å². The van der Waals surface area contributed by atoms with Gasteiger partial charge in [-0.05, 0) is 25.3 Å². The monoisotopic (exact) mass is 343 g/mol. The zero-order valence-corrected chi connectivity index (χ0v) is 14.8. The molecule has 0 bridgehead atoms. The number of halogens is 1. The minimum atomic E-state index is -0.234. The van der Waals surface area contributed by atoms with E-state index < -0.39 is 0 Å². The van der Waals surface area contributed by atoms with Crippen LogP contribution in [0.1, 0.15) is 49.8 Å². The first-order chi connectivity index (χ1) is 12.1. The van der Waals surface area contributed by atoms with Crippen molar-refractivity contribution in [1.82, 2.24) is 14.5 Å². The lowest BCUT2D eigenvalue weighted by Gasteiger charge is -2.34. The lowest BCUT2D eigenvalue weighted by molar-refractivity contribution is -0.135. The molecule has 0 saturated heterocycles. The fourth-order valence-electron chi connectivity index (χ4n) is 3.63. The van der Waals surface area contributed by atoms with Gasteiger partial charge in [0.05, 0.1) is 6.33 Å². The first-order valence-corrected chi connectivity index (χ1v) is 9.13. The van der Waals surface area contributed by atoms with E-state index in [0.29, 0.717) is 24.9 Å². The number of carbonyl (C=O) groups is 1. The second-order valence-electron chi connectivity index (χ2n) is 6.90. The Balaban J connectivity index is 1.72. The molecule has 1 aliphatic carbocycles. The van der Waals surface area contributed by atoms with Crippen LogP contribution in [0.3, 0.4) is 0 Å². The minimum Gasteiger partial charge on any atom is -0.338 e. The number of nitrogens with zero attached hydrogens (tertiary/aromatic N) is 3. The van der Waals surface area contributed by atoms with Gasteiger partial charge in [0.15, 0.2) is 0 Å². The first-order valence-electron chi connectivity index (χ1n) is 9.13. The third kappa shape index (κ3) is 4.47. The maximum Gasteiger partial charge on any atom is 0.223 e. The number of imidazole rings is 1. The summed E-state index contributed by atoms with van der Waals surface area (Å²) in [7, 11) is 1.94. The number of aromatic nitrogens is 2. The molecule has 25 heavy (non-hydrogen) atoms. The van der Waals surface area contributed by atoms with Crippen molar-refractivity contribution in [2.45, 2.75) is 57.5 Å². The zero-order chi connectivity index (χ0) is 17.6. The molecule has 1 aliphatic rings. The summed E-state index contributed by atoms with van der Waals surface area (Å²) in [6, 6.07) is 6.99. The first kappa shape index (κ1) is 17.6. The summed E-state index contributed by atoms with van der Waals surface area (Å²) in [4.78, 5) is 19.0. The van der Waals surface area contributed by atoms with Crippen molar-refractivity contribution in [3.05, 3.63) is 53.9 Å². The van der Waals surface area contributed by atoms with Crippen molar-refractivity contribution in [3.63, 3.8) is 0 Å². The maximum atomic E-state index is 14.1. The molecule has 1 aromatic carbocycles. The lowest BCUT2D eigenvalue weighted by Crippen LogP contribution is -2.41. The molecule has 3 rings (SSSR count). The molecule has 1 saturated carbocycles. The molecule has 1 heterocycles. The summed E-state index contributed by atoms with van der Waals surface area (Å²) in [5.41, 5.74) is 1.64. The van der Waals surface area contributed by atoms with Crippen LogP contribution in [-0.4, -0.2) is 26.4 Å². The van der Waals surface area contributed by atoms with Gasteiger partial charge in [0.1, 0.15) is 5.82 Å². The van der Waals surface area contributed by atoms with Crippen LogP contribution in [0, 0.1) is 5.82 Å². The standard InChI is InChI=1S/C20H26FN3O/c1-23-15-22-13-18(23)11-12-20(25)24(17-8-3-2-4-9-17)14-16-7-5-6-10-19(16)21/h5-7,10,13,15,17H,2-4,8-9,11-12,14H2,1H3. The summed E-state index contributed by atoms with van der Waals surface area (Å²) < 4.78 is 16.0. The number of rotatable bonds is 6. The third-order valence-corrected chi connectivity index (χ3v) is 5.15. The number of hydrogen-bond donors (Lipinski definition) is 0. The second kappa shape index (κ2) is 8.28. The van der Waals surface area contributed by atoms with Gasteiger partial charge >= 0.3 is 0 Å². The Morgan fingerprint density at radius 2 is 2.04 bits per heavy atom. The number of aryl methyl sites for hydroxylation is 2. The fraction of sp³-hybridized carbons (Fsp3) is 0.500. The summed E-state index contributed by atoms with van der Waals surface area (Å²) >= 11 is 0. The molecule has 1 fully saturated rings. The minimum absolute atomic E-state index is 0.108. The Kier molecular flexibility index (Phi) is 5.84. The van der Waals surface area contributed by atoms with Crippen LogP contribution < -0.4 is 0 Å². The Morgan fingerprint density at radius 3 is 2.72 bits per heavy atom. The second-order valence-corrected chi connectivity index (χ2v) is 6.90. The molecule has 0 spiro atoms. The van der Waals surface area contributed by atoms with Crippen molar-refractivity contribution in [1.29, 1.82) is 0 Å². The quantitative estimate of drug-likeness (QED) is 0.799. The van der Waals surface area contributed by atoms with Crippen LogP contribution in [0.15, 0.2) is 36.8 Å². The SMILES string of the molecule is Cn1cncc1CCC(=O)N(Cc1ccccc1F)C1CCCCC1. The maximum absolute atomic E-state index is 14.1. The van der Waals surface area contributed by atoms with E-state index in [4.69, 9.17) is 0 Å². The average molecular weight is 343 g/mol. The average Bonchev–Trinajstić information content (AvgIpc) is 3.05. The predicted octanol–water partition coefficient (Wildman–Crippen LogP) is 3.85.